The Morgan fingerprint density at radius 3 is 2.52 bits per heavy atom. The molecule has 0 radical (unpaired) electrons. The molecule has 21 heavy (non-hydrogen) atoms. The van der Waals surface area contributed by atoms with E-state index in [4.69, 9.17) is 11.6 Å². The lowest BCUT2D eigenvalue weighted by atomic mass is 9.99. The summed E-state index contributed by atoms with van der Waals surface area (Å²) in [6, 6.07) is 8.81. The highest BCUT2D eigenvalue weighted by Gasteiger charge is 2.34. The summed E-state index contributed by atoms with van der Waals surface area (Å²) >= 11 is 6.25. The number of hydrogen-bond acceptors (Lipinski definition) is 1. The van der Waals surface area contributed by atoms with Crippen molar-refractivity contribution < 1.29 is 13.2 Å². The third-order valence-electron chi connectivity index (χ3n) is 3.38. The highest BCUT2D eigenvalue weighted by Crippen LogP contribution is 2.43. The number of nitrogens with zero attached hydrogens (tertiary/aromatic N) is 2. The van der Waals surface area contributed by atoms with Crippen molar-refractivity contribution in [3.05, 3.63) is 53.3 Å². The molecule has 6 heteroatoms. The number of benzene rings is 1. The Hall–Kier alpha value is -2.01. The number of pyridine rings is 1. The van der Waals surface area contributed by atoms with Gasteiger partial charge in [-0.25, -0.2) is 4.98 Å². The van der Waals surface area contributed by atoms with Gasteiger partial charge in [-0.05, 0) is 23.8 Å². The highest BCUT2D eigenvalue weighted by atomic mass is 35.5. The molecule has 0 atom stereocenters. The van der Waals surface area contributed by atoms with Crippen molar-refractivity contribution in [1.29, 1.82) is 0 Å². The second-order valence-electron chi connectivity index (χ2n) is 4.64. The summed E-state index contributed by atoms with van der Waals surface area (Å²) in [4.78, 5) is 4.18. The van der Waals surface area contributed by atoms with Gasteiger partial charge in [0.05, 0.1) is 5.56 Å². The first kappa shape index (κ1) is 13.9. The van der Waals surface area contributed by atoms with E-state index < -0.39 is 11.7 Å². The van der Waals surface area contributed by atoms with Gasteiger partial charge >= 0.3 is 6.18 Å². The van der Waals surface area contributed by atoms with Crippen molar-refractivity contribution in [3.8, 4) is 11.1 Å². The molecule has 0 aliphatic rings. The van der Waals surface area contributed by atoms with Crippen molar-refractivity contribution >= 4 is 22.6 Å². The predicted octanol–water partition coefficient (Wildman–Crippen LogP) is 4.91. The van der Waals surface area contributed by atoms with E-state index in [2.05, 4.69) is 4.98 Å². The lowest BCUT2D eigenvalue weighted by Crippen LogP contribution is -2.06. The molecule has 1 aromatic carbocycles. The molecule has 2 nitrogen and oxygen atoms in total. The number of fused-ring (bicyclic) bond motifs is 1. The Morgan fingerprint density at radius 2 is 1.81 bits per heavy atom. The van der Waals surface area contributed by atoms with E-state index in [1.54, 1.807) is 36.0 Å². The molecule has 0 fully saturated rings. The van der Waals surface area contributed by atoms with E-state index in [1.807, 2.05) is 0 Å². The summed E-state index contributed by atoms with van der Waals surface area (Å²) in [6.07, 6.45) is -2.86. The van der Waals surface area contributed by atoms with Gasteiger partial charge in [-0.2, -0.15) is 13.2 Å². The fourth-order valence-electron chi connectivity index (χ4n) is 2.44. The number of halogens is 4. The maximum absolute atomic E-state index is 13.2. The predicted molar refractivity (Wildman–Crippen MR) is 76.2 cm³/mol. The molecule has 3 aromatic rings. The minimum absolute atomic E-state index is 0.0635. The number of hydrogen-bond donors (Lipinski definition) is 0. The SMILES string of the molecule is Cn1c(Cl)c(-c2ccccc2C(F)(F)F)c2cccnc21. The summed E-state index contributed by atoms with van der Waals surface area (Å²) < 4.78 is 41.2. The van der Waals surface area contributed by atoms with Gasteiger partial charge in [0, 0.05) is 24.2 Å². The van der Waals surface area contributed by atoms with Gasteiger partial charge in [0.1, 0.15) is 10.8 Å². The van der Waals surface area contributed by atoms with Crippen LogP contribution in [0, 0.1) is 0 Å². The Labute approximate surface area is 123 Å². The average Bonchev–Trinajstić information content (AvgIpc) is 2.71. The molecular weight excluding hydrogens is 301 g/mol. The molecule has 0 unspecified atom stereocenters. The Morgan fingerprint density at radius 1 is 1.10 bits per heavy atom. The molecule has 3 rings (SSSR count). The summed E-state index contributed by atoms with van der Waals surface area (Å²) in [7, 11) is 1.68. The summed E-state index contributed by atoms with van der Waals surface area (Å²) in [5, 5.41) is 0.835. The van der Waals surface area contributed by atoms with Crippen LogP contribution in [0.4, 0.5) is 13.2 Å². The van der Waals surface area contributed by atoms with Crippen LogP contribution < -0.4 is 0 Å². The topological polar surface area (TPSA) is 17.8 Å². The molecule has 2 aromatic heterocycles. The van der Waals surface area contributed by atoms with Gasteiger partial charge in [0.25, 0.3) is 0 Å². The molecule has 2 heterocycles. The molecule has 0 saturated heterocycles. The van der Waals surface area contributed by atoms with Crippen LogP contribution in [0.5, 0.6) is 0 Å². The van der Waals surface area contributed by atoms with Crippen molar-refractivity contribution in [1.82, 2.24) is 9.55 Å². The Kier molecular flexibility index (Phi) is 3.17. The van der Waals surface area contributed by atoms with Gasteiger partial charge in [0.15, 0.2) is 0 Å². The third kappa shape index (κ3) is 2.17. The zero-order valence-electron chi connectivity index (χ0n) is 10.9. The van der Waals surface area contributed by atoms with E-state index >= 15 is 0 Å². The molecule has 0 amide bonds. The molecule has 0 spiro atoms. The molecular formula is C15H10ClF3N2. The number of aromatic nitrogens is 2. The normalized spacial score (nSPS) is 12.0. The minimum atomic E-state index is -4.44. The number of rotatable bonds is 1. The Bertz CT molecular complexity index is 821. The summed E-state index contributed by atoms with van der Waals surface area (Å²) in [5.74, 6) is 0. The van der Waals surface area contributed by atoms with Gasteiger partial charge in [-0.1, -0.05) is 29.8 Å². The van der Waals surface area contributed by atoms with Crippen LogP contribution >= 0.6 is 11.6 Å². The first-order chi connectivity index (χ1) is 9.91. The lowest BCUT2D eigenvalue weighted by molar-refractivity contribution is -0.137. The van der Waals surface area contributed by atoms with Crippen LogP contribution in [-0.4, -0.2) is 9.55 Å². The zero-order valence-corrected chi connectivity index (χ0v) is 11.7. The van der Waals surface area contributed by atoms with Gasteiger partial charge < -0.3 is 4.57 Å². The van der Waals surface area contributed by atoms with Crippen molar-refractivity contribution in [3.63, 3.8) is 0 Å². The highest BCUT2D eigenvalue weighted by molar-refractivity contribution is 6.34. The molecule has 0 bridgehead atoms. The van der Waals surface area contributed by atoms with Gasteiger partial charge in [-0.15, -0.1) is 0 Å². The summed E-state index contributed by atoms with van der Waals surface area (Å²) in [5.41, 5.74) is 0.265. The van der Waals surface area contributed by atoms with Crippen molar-refractivity contribution in [2.45, 2.75) is 6.18 Å². The minimum Gasteiger partial charge on any atom is -0.319 e. The zero-order chi connectivity index (χ0) is 15.2. The standard InChI is InChI=1S/C15H10ClF3N2/c1-21-13(16)12(10-6-4-8-20-14(10)21)9-5-2-3-7-11(9)15(17,18)19/h2-8H,1H3. The largest absolute Gasteiger partial charge is 0.417 e. The molecule has 0 N–H and O–H groups in total. The maximum atomic E-state index is 13.2. The lowest BCUT2D eigenvalue weighted by Gasteiger charge is -2.12. The molecule has 0 saturated carbocycles. The maximum Gasteiger partial charge on any atom is 0.417 e. The molecule has 0 aliphatic heterocycles. The van der Waals surface area contributed by atoms with Crippen LogP contribution in [0.25, 0.3) is 22.2 Å². The van der Waals surface area contributed by atoms with Crippen LogP contribution in [-0.2, 0) is 13.2 Å². The number of alkyl halides is 3. The second kappa shape index (κ2) is 4.77. The van der Waals surface area contributed by atoms with Gasteiger partial charge in [0.2, 0.25) is 0 Å². The monoisotopic (exact) mass is 310 g/mol. The van der Waals surface area contributed by atoms with Crippen LogP contribution in [0.3, 0.4) is 0 Å². The first-order valence-corrected chi connectivity index (χ1v) is 6.54. The quantitative estimate of drug-likeness (QED) is 0.624. The van der Waals surface area contributed by atoms with Crippen LogP contribution in [0.2, 0.25) is 5.15 Å². The van der Waals surface area contributed by atoms with E-state index in [9.17, 15) is 13.2 Å². The van der Waals surface area contributed by atoms with Gasteiger partial charge in [-0.3, -0.25) is 0 Å². The fraction of sp³-hybridized carbons (Fsp3) is 0.133. The number of aryl methyl sites for hydroxylation is 1. The fourth-order valence-corrected chi connectivity index (χ4v) is 2.72. The third-order valence-corrected chi connectivity index (χ3v) is 3.82. The smallest absolute Gasteiger partial charge is 0.319 e. The van der Waals surface area contributed by atoms with Crippen molar-refractivity contribution in [2.75, 3.05) is 0 Å². The van der Waals surface area contributed by atoms with E-state index in [-0.39, 0.29) is 10.7 Å². The average molecular weight is 311 g/mol. The molecule has 108 valence electrons. The second-order valence-corrected chi connectivity index (χ2v) is 5.00. The van der Waals surface area contributed by atoms with E-state index in [0.29, 0.717) is 16.6 Å². The first-order valence-electron chi connectivity index (χ1n) is 6.16. The van der Waals surface area contributed by atoms with Crippen LogP contribution in [0.15, 0.2) is 42.6 Å². The van der Waals surface area contributed by atoms with E-state index in [1.165, 1.54) is 12.1 Å². The van der Waals surface area contributed by atoms with E-state index in [0.717, 1.165) is 6.07 Å². The summed E-state index contributed by atoms with van der Waals surface area (Å²) in [6.45, 7) is 0. The van der Waals surface area contributed by atoms with Crippen molar-refractivity contribution in [2.24, 2.45) is 7.05 Å². The molecule has 0 aliphatic carbocycles. The van der Waals surface area contributed by atoms with Crippen LogP contribution in [0.1, 0.15) is 5.56 Å². The Balaban J connectivity index is 2.40.